The molecule has 0 saturated carbocycles. The summed E-state index contributed by atoms with van der Waals surface area (Å²) in [7, 11) is 1.63. The molecule has 2 aromatic heterocycles. The first kappa shape index (κ1) is 10.5. The van der Waals surface area contributed by atoms with Gasteiger partial charge in [0.1, 0.15) is 17.9 Å². The number of nitrogens with zero attached hydrogens (tertiary/aromatic N) is 3. The van der Waals surface area contributed by atoms with E-state index in [0.29, 0.717) is 11.5 Å². The number of nitrogens with one attached hydrogen (secondary N) is 1. The van der Waals surface area contributed by atoms with Crippen LogP contribution >= 0.6 is 0 Å². The minimum absolute atomic E-state index is 0.416. The van der Waals surface area contributed by atoms with E-state index in [1.165, 1.54) is 6.33 Å². The van der Waals surface area contributed by atoms with Crippen LogP contribution in [-0.4, -0.2) is 27.3 Å². The van der Waals surface area contributed by atoms with E-state index in [9.17, 15) is 0 Å². The molecule has 6 heteroatoms. The van der Waals surface area contributed by atoms with E-state index in [0.717, 1.165) is 22.4 Å². The van der Waals surface area contributed by atoms with Crippen LogP contribution in [0.25, 0.3) is 22.3 Å². The molecular weight excluding hydrogens is 230 g/mol. The number of aromatic amines is 1. The predicted molar refractivity (Wildman–Crippen MR) is 68.1 cm³/mol. The second-order valence-corrected chi connectivity index (χ2v) is 3.78. The van der Waals surface area contributed by atoms with Gasteiger partial charge >= 0.3 is 0 Å². The third kappa shape index (κ3) is 1.55. The lowest BCUT2D eigenvalue weighted by Crippen LogP contribution is -1.92. The first-order valence-corrected chi connectivity index (χ1v) is 5.38. The second kappa shape index (κ2) is 3.99. The van der Waals surface area contributed by atoms with Gasteiger partial charge in [0.05, 0.1) is 18.2 Å². The van der Waals surface area contributed by atoms with Crippen molar-refractivity contribution in [3.63, 3.8) is 0 Å². The molecule has 2 heterocycles. The minimum atomic E-state index is 0.416. The van der Waals surface area contributed by atoms with Crippen LogP contribution in [0, 0.1) is 0 Å². The maximum atomic E-state index is 5.86. The van der Waals surface area contributed by atoms with Crippen molar-refractivity contribution in [2.24, 2.45) is 0 Å². The van der Waals surface area contributed by atoms with Gasteiger partial charge in [-0.3, -0.25) is 5.10 Å². The summed E-state index contributed by atoms with van der Waals surface area (Å²) in [5, 5.41) is 7.78. The molecule has 0 unspecified atom stereocenters. The summed E-state index contributed by atoms with van der Waals surface area (Å²) < 4.78 is 5.12. The van der Waals surface area contributed by atoms with Crippen LogP contribution < -0.4 is 10.5 Å². The van der Waals surface area contributed by atoms with Crippen LogP contribution in [0.5, 0.6) is 5.75 Å². The van der Waals surface area contributed by atoms with Crippen molar-refractivity contribution >= 4 is 16.9 Å². The lowest BCUT2D eigenvalue weighted by Gasteiger charge is -2.02. The van der Waals surface area contributed by atoms with Crippen LogP contribution in [0.15, 0.2) is 30.6 Å². The molecule has 1 aromatic carbocycles. The fraction of sp³-hybridized carbons (Fsp3) is 0.0833. The zero-order chi connectivity index (χ0) is 12.5. The van der Waals surface area contributed by atoms with Gasteiger partial charge < -0.3 is 10.5 Å². The average Bonchev–Trinajstić information content (AvgIpc) is 2.84. The Labute approximate surface area is 103 Å². The van der Waals surface area contributed by atoms with Crippen LogP contribution in [0.4, 0.5) is 5.82 Å². The Morgan fingerprint density at radius 3 is 2.67 bits per heavy atom. The van der Waals surface area contributed by atoms with E-state index in [1.54, 1.807) is 7.11 Å². The highest BCUT2D eigenvalue weighted by atomic mass is 16.5. The highest BCUT2D eigenvalue weighted by Crippen LogP contribution is 2.29. The summed E-state index contributed by atoms with van der Waals surface area (Å²) in [5.74, 6) is 1.21. The number of fused-ring (bicyclic) bond motifs is 1. The third-order valence-electron chi connectivity index (χ3n) is 2.76. The van der Waals surface area contributed by atoms with Gasteiger partial charge in [-0.25, -0.2) is 9.97 Å². The van der Waals surface area contributed by atoms with Crippen LogP contribution in [0.1, 0.15) is 0 Å². The fourth-order valence-electron chi connectivity index (χ4n) is 1.85. The van der Waals surface area contributed by atoms with E-state index in [2.05, 4.69) is 20.2 Å². The number of rotatable bonds is 2. The molecular formula is C12H11N5O. The third-order valence-corrected chi connectivity index (χ3v) is 2.76. The average molecular weight is 241 g/mol. The maximum Gasteiger partial charge on any atom is 0.186 e. The zero-order valence-corrected chi connectivity index (χ0v) is 9.71. The first-order valence-electron chi connectivity index (χ1n) is 5.38. The maximum absolute atomic E-state index is 5.86. The SMILES string of the molecule is COc1ccc(-c2[nH]nc3ncnc(N)c23)cc1. The summed E-state index contributed by atoms with van der Waals surface area (Å²) >= 11 is 0. The van der Waals surface area contributed by atoms with E-state index in [1.807, 2.05) is 24.3 Å². The number of hydrogen-bond donors (Lipinski definition) is 2. The predicted octanol–water partition coefficient (Wildman–Crippen LogP) is 1.61. The quantitative estimate of drug-likeness (QED) is 0.711. The number of anilines is 1. The Balaban J connectivity index is 2.18. The smallest absolute Gasteiger partial charge is 0.186 e. The molecule has 0 aliphatic rings. The monoisotopic (exact) mass is 241 g/mol. The van der Waals surface area contributed by atoms with E-state index >= 15 is 0 Å². The molecule has 90 valence electrons. The van der Waals surface area contributed by atoms with E-state index < -0.39 is 0 Å². The molecule has 3 aromatic rings. The standard InChI is InChI=1S/C12H11N5O/c1-18-8-4-2-7(3-5-8)10-9-11(13)14-6-15-12(9)17-16-10/h2-6H,1H3,(H3,13,14,15,16,17). The van der Waals surface area contributed by atoms with Gasteiger partial charge in [-0.15, -0.1) is 0 Å². The molecule has 0 aliphatic carbocycles. The fourth-order valence-corrected chi connectivity index (χ4v) is 1.85. The summed E-state index contributed by atoms with van der Waals surface area (Å²) in [4.78, 5) is 8.05. The molecule has 0 atom stereocenters. The van der Waals surface area contributed by atoms with Gasteiger partial charge in [-0.05, 0) is 24.3 Å². The number of methoxy groups -OCH3 is 1. The van der Waals surface area contributed by atoms with Crippen molar-refractivity contribution in [2.75, 3.05) is 12.8 Å². The summed E-state index contributed by atoms with van der Waals surface area (Å²) in [6.45, 7) is 0. The van der Waals surface area contributed by atoms with Crippen LogP contribution in [-0.2, 0) is 0 Å². The molecule has 0 aliphatic heterocycles. The summed E-state index contributed by atoms with van der Waals surface area (Å²) in [6, 6.07) is 7.61. The molecule has 6 nitrogen and oxygen atoms in total. The molecule has 0 radical (unpaired) electrons. The Morgan fingerprint density at radius 2 is 1.94 bits per heavy atom. The van der Waals surface area contributed by atoms with Crippen molar-refractivity contribution < 1.29 is 4.74 Å². The van der Waals surface area contributed by atoms with Gasteiger partial charge in [0, 0.05) is 5.56 Å². The number of H-pyrrole nitrogens is 1. The molecule has 0 fully saturated rings. The van der Waals surface area contributed by atoms with Gasteiger partial charge in [-0.2, -0.15) is 5.10 Å². The largest absolute Gasteiger partial charge is 0.497 e. The van der Waals surface area contributed by atoms with Gasteiger partial charge in [-0.1, -0.05) is 0 Å². The zero-order valence-electron chi connectivity index (χ0n) is 9.71. The molecule has 3 rings (SSSR count). The summed E-state index contributed by atoms with van der Waals surface area (Å²) in [5.41, 5.74) is 8.19. The molecule has 0 spiro atoms. The highest BCUT2D eigenvalue weighted by Gasteiger charge is 2.12. The van der Waals surface area contributed by atoms with Crippen molar-refractivity contribution in [2.45, 2.75) is 0 Å². The lowest BCUT2D eigenvalue weighted by molar-refractivity contribution is 0.415. The molecule has 0 saturated heterocycles. The number of benzene rings is 1. The van der Waals surface area contributed by atoms with E-state index in [4.69, 9.17) is 10.5 Å². The van der Waals surface area contributed by atoms with Crippen molar-refractivity contribution in [1.29, 1.82) is 0 Å². The Morgan fingerprint density at radius 1 is 1.17 bits per heavy atom. The summed E-state index contributed by atoms with van der Waals surface area (Å²) in [6.07, 6.45) is 1.40. The minimum Gasteiger partial charge on any atom is -0.497 e. The van der Waals surface area contributed by atoms with Crippen molar-refractivity contribution in [3.8, 4) is 17.0 Å². The Bertz CT molecular complexity index is 689. The van der Waals surface area contributed by atoms with Gasteiger partial charge in [0.15, 0.2) is 5.65 Å². The topological polar surface area (TPSA) is 89.7 Å². The second-order valence-electron chi connectivity index (χ2n) is 3.78. The highest BCUT2D eigenvalue weighted by molar-refractivity contribution is 5.97. The van der Waals surface area contributed by atoms with Gasteiger partial charge in [0.2, 0.25) is 0 Å². The molecule has 18 heavy (non-hydrogen) atoms. The Hall–Kier alpha value is -2.63. The molecule has 0 bridgehead atoms. The Kier molecular flexibility index (Phi) is 2.33. The number of hydrogen-bond acceptors (Lipinski definition) is 5. The van der Waals surface area contributed by atoms with E-state index in [-0.39, 0.29) is 0 Å². The van der Waals surface area contributed by atoms with Crippen LogP contribution in [0.3, 0.4) is 0 Å². The van der Waals surface area contributed by atoms with Crippen LogP contribution in [0.2, 0.25) is 0 Å². The number of nitrogens with two attached hydrogens (primary N) is 1. The van der Waals surface area contributed by atoms with Crippen molar-refractivity contribution in [1.82, 2.24) is 20.2 Å². The van der Waals surface area contributed by atoms with Crippen molar-refractivity contribution in [3.05, 3.63) is 30.6 Å². The molecule has 0 amide bonds. The number of ether oxygens (including phenoxy) is 1. The molecule has 3 N–H and O–H groups in total. The number of nitrogen functional groups attached to an aromatic ring is 1. The normalized spacial score (nSPS) is 10.7. The number of aromatic nitrogens is 4. The first-order chi connectivity index (χ1) is 8.79. The van der Waals surface area contributed by atoms with Gasteiger partial charge in [0.25, 0.3) is 0 Å². The lowest BCUT2D eigenvalue weighted by atomic mass is 10.1.